The molecule has 0 unspecified atom stereocenters. The maximum Gasteiger partial charge on any atom is 0.0785 e. The maximum atomic E-state index is 10.7. The molecule has 0 fully saturated rings. The molecule has 0 spiro atoms. The average Bonchev–Trinajstić information content (AvgIpc) is 1.98. The van der Waals surface area contributed by atoms with E-state index in [0.29, 0.717) is 13.9 Å². The van der Waals surface area contributed by atoms with Crippen molar-refractivity contribution in [2.45, 2.75) is 44.1 Å². The molecule has 0 heterocycles. The quantitative estimate of drug-likeness (QED) is 0.467. The average molecular weight is 486 g/mol. The molecule has 109 valence electrons. The summed E-state index contributed by atoms with van der Waals surface area (Å²) in [4.78, 5) is 0. The van der Waals surface area contributed by atoms with Gasteiger partial charge >= 0.3 is 0 Å². The van der Waals surface area contributed by atoms with Crippen LogP contribution in [0.15, 0.2) is 0 Å². The van der Waals surface area contributed by atoms with Gasteiger partial charge in [-0.05, 0) is 0 Å². The second-order valence-corrected chi connectivity index (χ2v) is 0.525. The van der Waals surface area contributed by atoms with Crippen molar-refractivity contribution in [3.63, 3.8) is 0 Å². The predicted molar refractivity (Wildman–Crippen MR) is 68.4 cm³/mol. The summed E-state index contributed by atoms with van der Waals surface area (Å²) in [5.74, 6) is 0. The third kappa shape index (κ3) is 213. The molecule has 17 heavy (non-hydrogen) atoms. The van der Waals surface area contributed by atoms with Crippen LogP contribution in [0.25, 0.3) is 0 Å². The summed E-state index contributed by atoms with van der Waals surface area (Å²) in [5, 5.41) is 0. The van der Waals surface area contributed by atoms with E-state index in [1.165, 1.54) is 0 Å². The van der Waals surface area contributed by atoms with Crippen molar-refractivity contribution in [3.8, 4) is 0 Å². The Labute approximate surface area is 187 Å². The summed E-state index contributed by atoms with van der Waals surface area (Å²) >= 11 is 0. The minimum atomic E-state index is -0.0139. The molecule has 0 aromatic heterocycles. The van der Waals surface area contributed by atoms with Gasteiger partial charge in [0.15, 0.2) is 0 Å². The standard InChI is InChI=1S/C3H5FO.C2H5.CH3F.5CH4.3Y/c1-5-3-2-4;2*1-2;;;;;;;;/h2H,1,3H2;1H2,2H3;1H3;5*1H4;;;/q-2;-1;;;;;;;;;. The molecule has 6 heteroatoms. The zero-order valence-electron chi connectivity index (χ0n) is 7.59. The van der Waals surface area contributed by atoms with Crippen molar-refractivity contribution < 1.29 is 112 Å². The summed E-state index contributed by atoms with van der Waals surface area (Å²) < 4.78 is 24.2. The Morgan fingerprint density at radius 3 is 1.06 bits per heavy atom. The second kappa shape index (κ2) is 167. The van der Waals surface area contributed by atoms with E-state index in [1.807, 2.05) is 0 Å². The Balaban J connectivity index is -0.00000000311. The molecular formula is C11H33F2OY3-3. The molecule has 0 bridgehead atoms. The molecule has 0 amide bonds. The molecule has 0 rings (SSSR count). The number of halogens is 2. The minimum absolute atomic E-state index is 0. The van der Waals surface area contributed by atoms with E-state index in [-0.39, 0.29) is 142 Å². The fourth-order valence-corrected chi connectivity index (χ4v) is 0.0445. The van der Waals surface area contributed by atoms with Gasteiger partial charge in [-0.25, -0.2) is 7.11 Å². The zero-order chi connectivity index (χ0) is 8.12. The van der Waals surface area contributed by atoms with Gasteiger partial charge < -0.3 is 16.1 Å². The molecule has 0 aliphatic rings. The molecular weight excluding hydrogens is 453 g/mol. The fraction of sp³-hybridized carbons (Fsp3) is 0.727. The van der Waals surface area contributed by atoms with E-state index < -0.39 is 0 Å². The Morgan fingerprint density at radius 1 is 0.882 bits per heavy atom. The van der Waals surface area contributed by atoms with Crippen LogP contribution in [0, 0.1) is 20.7 Å². The third-order valence-electron chi connectivity index (χ3n) is 0.181. The van der Waals surface area contributed by atoms with Crippen LogP contribution >= 0.6 is 0 Å². The van der Waals surface area contributed by atoms with Crippen molar-refractivity contribution in [1.29, 1.82) is 0 Å². The van der Waals surface area contributed by atoms with Gasteiger partial charge in [-0.1, -0.05) is 43.7 Å². The summed E-state index contributed by atoms with van der Waals surface area (Å²) in [7, 11) is 3.40. The molecule has 0 aliphatic heterocycles. The summed E-state index contributed by atoms with van der Waals surface area (Å²) in [6.45, 7) is 5.38. The smallest absolute Gasteiger partial charge is 0.0785 e. The largest absolute Gasteiger partial charge is 0.578 e. The molecule has 0 saturated carbocycles. The van der Waals surface area contributed by atoms with Gasteiger partial charge in [-0.15, -0.1) is 6.67 Å². The van der Waals surface area contributed by atoms with Crippen molar-refractivity contribution in [2.75, 3.05) is 13.8 Å². The van der Waals surface area contributed by atoms with E-state index >= 15 is 0 Å². The van der Waals surface area contributed by atoms with Gasteiger partial charge in [0.05, 0.1) is 7.18 Å². The zero-order valence-corrected chi connectivity index (χ0v) is 16.1. The molecule has 0 saturated heterocycles. The van der Waals surface area contributed by atoms with Crippen LogP contribution < -0.4 is 0 Å². The maximum absolute atomic E-state index is 10.7. The second-order valence-electron chi connectivity index (χ2n) is 0.525. The number of alkyl halides is 1. The van der Waals surface area contributed by atoms with E-state index in [9.17, 15) is 8.78 Å². The topological polar surface area (TPSA) is 9.23 Å². The molecule has 0 aliphatic carbocycles. The Kier molecular flexibility index (Phi) is 870. The SMILES string of the molecule is C.C.C.C.C.CF.[CH2-]C.[CH2-]OC[CH-]F.[Y].[Y].[Y]. The van der Waals surface area contributed by atoms with Crippen LogP contribution in [0.4, 0.5) is 8.78 Å². The Bertz CT molecular complexity index is 32.2. The molecule has 1 nitrogen and oxygen atoms in total. The van der Waals surface area contributed by atoms with Gasteiger partial charge in [0.1, 0.15) is 0 Å². The first kappa shape index (κ1) is 88.4. The van der Waals surface area contributed by atoms with Gasteiger partial charge in [0.2, 0.25) is 0 Å². The predicted octanol–water partition coefficient (Wildman–Crippen LogP) is 5.52. The van der Waals surface area contributed by atoms with Gasteiger partial charge in [0, 0.05) is 98.1 Å². The number of ether oxygens (including phenoxy) is 1. The monoisotopic (exact) mass is 486 g/mol. The molecule has 0 aromatic carbocycles. The normalized spacial score (nSPS) is 3.18. The van der Waals surface area contributed by atoms with Gasteiger partial charge in [0.25, 0.3) is 0 Å². The van der Waals surface area contributed by atoms with Crippen LogP contribution in [-0.2, 0) is 103 Å². The molecule has 0 atom stereocenters. The summed E-state index contributed by atoms with van der Waals surface area (Å²) in [6, 6.07) is 0. The van der Waals surface area contributed by atoms with E-state index in [4.69, 9.17) is 0 Å². The Morgan fingerprint density at radius 2 is 1.06 bits per heavy atom. The molecule has 3 radical (unpaired) electrons. The van der Waals surface area contributed by atoms with Crippen molar-refractivity contribution in [1.82, 2.24) is 0 Å². The first-order valence-electron chi connectivity index (χ1n) is 2.29. The van der Waals surface area contributed by atoms with Crippen LogP contribution in [0.1, 0.15) is 44.1 Å². The molecule has 0 N–H and O–H groups in total. The van der Waals surface area contributed by atoms with Crippen molar-refractivity contribution >= 4 is 0 Å². The van der Waals surface area contributed by atoms with Gasteiger partial charge in [-0.3, -0.25) is 4.39 Å². The van der Waals surface area contributed by atoms with Crippen LogP contribution in [-0.4, -0.2) is 13.8 Å². The fourth-order valence-electron chi connectivity index (χ4n) is 0.0445. The summed E-state index contributed by atoms with van der Waals surface area (Å²) in [5.41, 5.74) is 0. The van der Waals surface area contributed by atoms with Crippen LogP contribution in [0.3, 0.4) is 0 Å². The minimum Gasteiger partial charge on any atom is -0.578 e. The van der Waals surface area contributed by atoms with E-state index in [2.05, 4.69) is 18.8 Å². The first-order chi connectivity index (χ1) is 4.41. The van der Waals surface area contributed by atoms with Crippen molar-refractivity contribution in [3.05, 3.63) is 20.7 Å². The van der Waals surface area contributed by atoms with Crippen molar-refractivity contribution in [2.24, 2.45) is 0 Å². The molecule has 0 aromatic rings. The van der Waals surface area contributed by atoms with E-state index in [0.717, 1.165) is 0 Å². The van der Waals surface area contributed by atoms with E-state index in [1.54, 1.807) is 6.92 Å². The number of hydrogen-bond acceptors (Lipinski definition) is 1. The first-order valence-corrected chi connectivity index (χ1v) is 2.29. The third-order valence-corrected chi connectivity index (χ3v) is 0.181. The van der Waals surface area contributed by atoms with Crippen LogP contribution in [0.5, 0.6) is 0 Å². The Hall–Kier alpha value is 3.13. The number of rotatable bonds is 2. The number of hydrogen-bond donors (Lipinski definition) is 0. The van der Waals surface area contributed by atoms with Crippen LogP contribution in [0.2, 0.25) is 0 Å². The summed E-state index contributed by atoms with van der Waals surface area (Å²) in [6.07, 6.45) is 0. The van der Waals surface area contributed by atoms with Gasteiger partial charge in [-0.2, -0.15) is 6.92 Å².